The van der Waals surface area contributed by atoms with Crippen molar-refractivity contribution in [1.82, 2.24) is 40.6 Å². The fraction of sp³-hybridized carbons (Fsp3) is 0.615. The third kappa shape index (κ3) is 11.8. The van der Waals surface area contributed by atoms with Gasteiger partial charge in [0.25, 0.3) is 0 Å². The van der Waals surface area contributed by atoms with E-state index in [1.54, 1.807) is 47.9 Å². The van der Waals surface area contributed by atoms with Gasteiger partial charge >= 0.3 is 0 Å². The molecule has 22 heteroatoms. The summed E-state index contributed by atoms with van der Waals surface area (Å²) in [6.45, 7) is 8.16. The Morgan fingerprint density at radius 3 is 1.70 bits per heavy atom. The zero-order valence-corrected chi connectivity index (χ0v) is 43.5. The molecular formula is C52H74F2N8O12. The summed E-state index contributed by atoms with van der Waals surface area (Å²) in [4.78, 5) is 62.6. The second-order valence-corrected chi connectivity index (χ2v) is 20.4. The molecule has 20 nitrogen and oxygen atoms in total. The highest BCUT2D eigenvalue weighted by atomic mass is 19.1. The van der Waals surface area contributed by atoms with Gasteiger partial charge in [0.1, 0.15) is 42.0 Å². The van der Waals surface area contributed by atoms with E-state index in [-0.39, 0.29) is 62.8 Å². The summed E-state index contributed by atoms with van der Waals surface area (Å²) >= 11 is 0. The van der Waals surface area contributed by atoms with Crippen molar-refractivity contribution in [3.63, 3.8) is 0 Å². The highest BCUT2D eigenvalue weighted by molar-refractivity contribution is 5.98. The molecular weight excluding hydrogens is 967 g/mol. The summed E-state index contributed by atoms with van der Waals surface area (Å²) in [5, 5.41) is 69.2. The number of aliphatic hydroxyl groups excluding tert-OH is 5. The zero-order valence-electron chi connectivity index (χ0n) is 43.5. The number of hydrogen-bond acceptors (Lipinski definition) is 14. The van der Waals surface area contributed by atoms with Crippen LogP contribution >= 0.6 is 0 Å². The largest absolute Gasteiger partial charge is 0.391 e. The van der Waals surface area contributed by atoms with Crippen LogP contribution in [0.25, 0.3) is 33.2 Å². The molecule has 7 rings (SSSR count). The Morgan fingerprint density at radius 2 is 1.20 bits per heavy atom. The van der Waals surface area contributed by atoms with E-state index in [9.17, 15) is 44.7 Å². The number of nitrogens with one attached hydrogen (secondary N) is 5. The van der Waals surface area contributed by atoms with Crippen LogP contribution in [0.1, 0.15) is 77.7 Å². The Labute approximate surface area is 429 Å². The van der Waals surface area contributed by atoms with Crippen LogP contribution in [0.3, 0.4) is 0 Å². The number of methoxy groups -OCH3 is 2. The SMILES string of the molecule is CN[C@@H](C)C(=O)N[C@@H](C[C@@H](C)OC)C(=O)N1C[C@@H](O)C[C@H]1Cc1c(-c2c(C[C@@H]3C[C@H](O)CN3C(=O)[C@H](C[C@H](C)OC)NC(=O)[C@H](C)NC)c3ccc(F)cc3n2C2O[C@@H](C)[C@@H](O)[C@@H](O)[C@@H]2O)[nH]c2cc(F)ccc12. The van der Waals surface area contributed by atoms with Gasteiger partial charge in [0.15, 0.2) is 6.23 Å². The Morgan fingerprint density at radius 1 is 0.716 bits per heavy atom. The molecule has 408 valence electrons. The van der Waals surface area contributed by atoms with Gasteiger partial charge in [-0.2, -0.15) is 0 Å². The first-order valence-corrected chi connectivity index (χ1v) is 25.4. The van der Waals surface area contributed by atoms with Gasteiger partial charge in [0.2, 0.25) is 23.6 Å². The molecule has 3 fully saturated rings. The number of carbonyl (C=O) groups excluding carboxylic acids is 4. The highest BCUT2D eigenvalue weighted by Gasteiger charge is 2.47. The molecule has 0 bridgehead atoms. The molecule has 0 aliphatic carbocycles. The Hall–Kier alpha value is -5.14. The van der Waals surface area contributed by atoms with Crippen LogP contribution in [0.2, 0.25) is 0 Å². The minimum absolute atomic E-state index is 0.0230. The lowest BCUT2D eigenvalue weighted by Crippen LogP contribution is -2.54. The van der Waals surface area contributed by atoms with Crippen LogP contribution in [0.15, 0.2) is 36.4 Å². The zero-order chi connectivity index (χ0) is 54.0. The highest BCUT2D eigenvalue weighted by Crippen LogP contribution is 2.45. The van der Waals surface area contributed by atoms with Crippen LogP contribution < -0.4 is 21.3 Å². The maximum atomic E-state index is 15.8. The molecule has 0 radical (unpaired) electrons. The minimum atomic E-state index is -1.80. The van der Waals surface area contributed by atoms with E-state index in [1.165, 1.54) is 65.8 Å². The van der Waals surface area contributed by atoms with Crippen molar-refractivity contribution in [2.45, 2.75) is 164 Å². The molecule has 74 heavy (non-hydrogen) atoms. The molecule has 0 spiro atoms. The number of nitrogens with zero attached hydrogens (tertiary/aromatic N) is 3. The number of halogens is 2. The number of aromatic nitrogens is 2. The number of carbonyl (C=O) groups is 4. The number of amides is 4. The van der Waals surface area contributed by atoms with E-state index in [2.05, 4.69) is 26.3 Å². The molecule has 3 aliphatic heterocycles. The number of β-amino-alcohol motifs (C(OH)–C–C–N with tert-alkyl or cyclic N) is 2. The topological polar surface area (TPSA) is 272 Å². The van der Waals surface area contributed by atoms with E-state index in [1.807, 2.05) is 0 Å². The van der Waals surface area contributed by atoms with Crippen molar-refractivity contribution in [2.75, 3.05) is 41.4 Å². The van der Waals surface area contributed by atoms with E-state index in [4.69, 9.17) is 14.2 Å². The average molecular weight is 1040 g/mol. The van der Waals surface area contributed by atoms with Gasteiger partial charge in [-0.05, 0) is 122 Å². The molecule has 10 N–H and O–H groups in total. The van der Waals surface area contributed by atoms with Crippen molar-refractivity contribution in [2.24, 2.45) is 0 Å². The third-order valence-corrected chi connectivity index (χ3v) is 15.3. The number of fused-ring (bicyclic) bond motifs is 2. The van der Waals surface area contributed by atoms with Crippen LogP contribution in [0.5, 0.6) is 0 Å². The van der Waals surface area contributed by atoms with Crippen molar-refractivity contribution in [3.8, 4) is 11.4 Å². The molecule has 3 aliphatic rings. The lowest BCUT2D eigenvalue weighted by atomic mass is 9.94. The number of benzene rings is 2. The second-order valence-electron chi connectivity index (χ2n) is 20.4. The number of aromatic amines is 1. The number of likely N-dealkylation sites (N-methyl/N-ethyl adjacent to an activating group) is 2. The van der Waals surface area contributed by atoms with Gasteiger partial charge in [0.05, 0.1) is 59.5 Å². The van der Waals surface area contributed by atoms with Gasteiger partial charge in [-0.3, -0.25) is 19.2 Å². The predicted octanol–water partition coefficient (Wildman–Crippen LogP) is 1.11. The van der Waals surface area contributed by atoms with Gasteiger partial charge in [-0.15, -0.1) is 0 Å². The molecule has 0 saturated carbocycles. The summed E-state index contributed by atoms with van der Waals surface area (Å²) in [6.07, 6.45) is -10.1. The van der Waals surface area contributed by atoms with Gasteiger partial charge < -0.3 is 80.4 Å². The number of rotatable bonds is 20. The Kier molecular flexibility index (Phi) is 18.2. The van der Waals surface area contributed by atoms with Crippen LogP contribution in [0.4, 0.5) is 8.78 Å². The maximum absolute atomic E-state index is 15.8. The maximum Gasteiger partial charge on any atom is 0.245 e. The lowest BCUT2D eigenvalue weighted by Gasteiger charge is -2.41. The fourth-order valence-corrected chi connectivity index (χ4v) is 10.7. The molecule has 4 aromatic rings. The van der Waals surface area contributed by atoms with Crippen molar-refractivity contribution in [3.05, 3.63) is 59.2 Å². The Balaban J connectivity index is 1.42. The number of likely N-dealkylation sites (tertiary alicyclic amines) is 2. The first kappa shape index (κ1) is 56.6. The normalized spacial score (nSPS) is 26.8. The molecule has 3 saturated heterocycles. The number of H-pyrrole nitrogens is 1. The molecule has 5 heterocycles. The standard InChI is InChI=1S/C52H74F2N8O12/c1-24(72-8)14-40(58-48(68)26(3)55-6)50(70)60-22-33(63)18-31(60)20-37-35-12-10-29(53)16-39(35)57-43(37)44-38(36-13-11-30(54)17-42(36)62(44)52-47(67)46(66)45(65)28(5)74-52)21-32-19-34(64)23-61(32)51(71)41(15-25(2)73-9)59-49(69)27(4)56-7/h10-13,16-17,24-28,31-34,40-41,45-47,52,55-57,63-67H,14-15,18-23H2,1-9H3,(H,58,68)(H,59,69)/t24-,25+,26+,27+,28+,31+,32+,33+,34+,40+,41+,45-,46-,47+,52?/m1/s1. The monoisotopic (exact) mass is 1040 g/mol. The van der Waals surface area contributed by atoms with Crippen LogP contribution in [-0.2, 0) is 46.2 Å². The first-order chi connectivity index (χ1) is 35.1. The number of hydrogen-bond donors (Lipinski definition) is 10. The molecule has 2 aromatic carbocycles. The smallest absolute Gasteiger partial charge is 0.245 e. The van der Waals surface area contributed by atoms with Gasteiger partial charge in [-0.1, -0.05) is 0 Å². The van der Waals surface area contributed by atoms with Gasteiger partial charge in [0, 0.05) is 68.5 Å². The molecule has 1 unspecified atom stereocenters. The summed E-state index contributed by atoms with van der Waals surface area (Å²) in [7, 11) is 6.21. The molecule has 2 aromatic heterocycles. The van der Waals surface area contributed by atoms with Crippen molar-refractivity contribution in [1.29, 1.82) is 0 Å². The third-order valence-electron chi connectivity index (χ3n) is 15.3. The number of aliphatic hydroxyl groups is 5. The second kappa shape index (κ2) is 23.8. The minimum Gasteiger partial charge on any atom is -0.391 e. The number of ether oxygens (including phenoxy) is 3. The predicted molar refractivity (Wildman–Crippen MR) is 269 cm³/mol. The molecule has 15 atom stereocenters. The van der Waals surface area contributed by atoms with E-state index in [0.29, 0.717) is 33.1 Å². The van der Waals surface area contributed by atoms with Crippen LogP contribution in [-0.4, -0.2) is 195 Å². The van der Waals surface area contributed by atoms with E-state index in [0.717, 1.165) is 0 Å². The summed E-state index contributed by atoms with van der Waals surface area (Å²) in [5.74, 6) is -3.08. The Bertz CT molecular complexity index is 2650. The van der Waals surface area contributed by atoms with Crippen molar-refractivity contribution >= 4 is 45.4 Å². The van der Waals surface area contributed by atoms with Gasteiger partial charge in [-0.25, -0.2) is 8.78 Å². The summed E-state index contributed by atoms with van der Waals surface area (Å²) in [6, 6.07) is 3.22. The van der Waals surface area contributed by atoms with Crippen LogP contribution in [0, 0.1) is 11.6 Å². The molecule has 4 amide bonds. The van der Waals surface area contributed by atoms with E-state index >= 15 is 8.78 Å². The van der Waals surface area contributed by atoms with Crippen molar-refractivity contribution < 1.29 is 67.7 Å². The fourth-order valence-electron chi connectivity index (χ4n) is 10.7. The van der Waals surface area contributed by atoms with E-state index < -0.39 is 127 Å². The lowest BCUT2D eigenvalue weighted by molar-refractivity contribution is -0.238. The quantitative estimate of drug-likeness (QED) is 0.0595. The first-order valence-electron chi connectivity index (χ1n) is 25.4. The summed E-state index contributed by atoms with van der Waals surface area (Å²) in [5.41, 5.74) is 2.00. The average Bonchev–Trinajstić information content (AvgIpc) is 4.13. The summed E-state index contributed by atoms with van der Waals surface area (Å²) < 4.78 is 50.1.